The molecular formula is C19H20N4O4. The summed E-state index contributed by atoms with van der Waals surface area (Å²) in [4.78, 5) is 53.6. The van der Waals surface area contributed by atoms with E-state index in [-0.39, 0.29) is 35.6 Å². The van der Waals surface area contributed by atoms with Crippen molar-refractivity contribution in [1.29, 1.82) is 0 Å². The van der Waals surface area contributed by atoms with E-state index in [0.29, 0.717) is 22.4 Å². The van der Waals surface area contributed by atoms with Gasteiger partial charge >= 0.3 is 0 Å². The van der Waals surface area contributed by atoms with Gasteiger partial charge in [0.25, 0.3) is 5.56 Å². The van der Waals surface area contributed by atoms with Crippen LogP contribution in [0.5, 0.6) is 0 Å². The van der Waals surface area contributed by atoms with Crippen molar-refractivity contribution in [3.63, 3.8) is 0 Å². The number of carbonyl (C=O) groups is 3. The quantitative estimate of drug-likeness (QED) is 0.796. The zero-order valence-corrected chi connectivity index (χ0v) is 15.2. The Labute approximate surface area is 155 Å². The van der Waals surface area contributed by atoms with E-state index in [0.717, 1.165) is 12.8 Å². The lowest BCUT2D eigenvalue weighted by Gasteiger charge is -2.24. The first-order valence-electron chi connectivity index (χ1n) is 8.97. The Morgan fingerprint density at radius 3 is 2.70 bits per heavy atom. The van der Waals surface area contributed by atoms with E-state index >= 15 is 0 Å². The van der Waals surface area contributed by atoms with Crippen LogP contribution in [0.15, 0.2) is 23.0 Å². The molecule has 8 heteroatoms. The fourth-order valence-corrected chi connectivity index (χ4v) is 3.41. The van der Waals surface area contributed by atoms with Crippen molar-refractivity contribution in [3.05, 3.63) is 34.4 Å². The number of piperidine rings is 1. The monoisotopic (exact) mass is 368 g/mol. The summed E-state index contributed by atoms with van der Waals surface area (Å²) in [5.74, 6) is -0.553. The SMILES string of the molecule is Cc1nc2c(NC(=O)C3(C)CC3)cccc2c(=O)n1C1CCC(=O)NC1=O. The Morgan fingerprint density at radius 2 is 2.04 bits per heavy atom. The largest absolute Gasteiger partial charge is 0.324 e. The van der Waals surface area contributed by atoms with Crippen molar-refractivity contribution < 1.29 is 14.4 Å². The molecule has 1 aliphatic carbocycles. The number of aromatic nitrogens is 2. The van der Waals surface area contributed by atoms with Crippen molar-refractivity contribution >= 4 is 34.3 Å². The van der Waals surface area contributed by atoms with Gasteiger partial charge in [-0.05, 0) is 38.3 Å². The second-order valence-corrected chi connectivity index (χ2v) is 7.52. The number of nitrogens with zero attached hydrogens (tertiary/aromatic N) is 2. The molecule has 0 bridgehead atoms. The zero-order chi connectivity index (χ0) is 19.3. The summed E-state index contributed by atoms with van der Waals surface area (Å²) < 4.78 is 1.33. The minimum Gasteiger partial charge on any atom is -0.324 e. The number of anilines is 1. The summed E-state index contributed by atoms with van der Waals surface area (Å²) in [6.45, 7) is 3.55. The Balaban J connectivity index is 1.79. The van der Waals surface area contributed by atoms with E-state index in [2.05, 4.69) is 15.6 Å². The highest BCUT2D eigenvalue weighted by Crippen LogP contribution is 2.45. The molecule has 1 unspecified atom stereocenters. The molecule has 1 aliphatic heterocycles. The van der Waals surface area contributed by atoms with Gasteiger partial charge < -0.3 is 5.32 Å². The summed E-state index contributed by atoms with van der Waals surface area (Å²) >= 11 is 0. The number of rotatable bonds is 3. The first-order valence-corrected chi connectivity index (χ1v) is 8.97. The maximum absolute atomic E-state index is 13.1. The molecular weight excluding hydrogens is 348 g/mol. The number of imide groups is 1. The Kier molecular flexibility index (Phi) is 3.87. The molecule has 140 valence electrons. The molecule has 2 fully saturated rings. The number of carbonyl (C=O) groups excluding carboxylic acids is 3. The van der Waals surface area contributed by atoms with Gasteiger partial charge in [-0.15, -0.1) is 0 Å². The number of benzene rings is 1. The second-order valence-electron chi connectivity index (χ2n) is 7.52. The molecule has 0 radical (unpaired) electrons. The number of aryl methyl sites for hydroxylation is 1. The fraction of sp³-hybridized carbons (Fsp3) is 0.421. The molecule has 1 aromatic carbocycles. The molecule has 1 saturated carbocycles. The number of amides is 3. The van der Waals surface area contributed by atoms with E-state index in [9.17, 15) is 19.2 Å². The summed E-state index contributed by atoms with van der Waals surface area (Å²) in [5, 5.41) is 5.47. The minimum atomic E-state index is -0.768. The molecule has 27 heavy (non-hydrogen) atoms. The molecule has 8 nitrogen and oxygen atoms in total. The van der Waals surface area contributed by atoms with E-state index in [1.165, 1.54) is 4.57 Å². The highest BCUT2D eigenvalue weighted by Gasteiger charge is 2.45. The molecule has 2 heterocycles. The first-order chi connectivity index (χ1) is 12.8. The highest BCUT2D eigenvalue weighted by atomic mass is 16.2. The van der Waals surface area contributed by atoms with Crippen molar-refractivity contribution in [2.24, 2.45) is 5.41 Å². The van der Waals surface area contributed by atoms with Crippen LogP contribution >= 0.6 is 0 Å². The van der Waals surface area contributed by atoms with Gasteiger partial charge in [0.05, 0.1) is 11.1 Å². The van der Waals surface area contributed by atoms with Crippen molar-refractivity contribution in [2.45, 2.75) is 45.6 Å². The van der Waals surface area contributed by atoms with Gasteiger partial charge in [0.1, 0.15) is 17.4 Å². The van der Waals surface area contributed by atoms with Crippen LogP contribution in [0.1, 0.15) is 44.5 Å². The Bertz CT molecular complexity index is 1050. The molecule has 4 rings (SSSR count). The average molecular weight is 368 g/mol. The van der Waals surface area contributed by atoms with Crippen LogP contribution in [-0.4, -0.2) is 27.3 Å². The third kappa shape index (κ3) is 2.90. The van der Waals surface area contributed by atoms with Crippen LogP contribution in [0.3, 0.4) is 0 Å². The number of hydrogen-bond acceptors (Lipinski definition) is 5. The molecule has 1 aromatic heterocycles. The number of fused-ring (bicyclic) bond motifs is 1. The van der Waals surface area contributed by atoms with Crippen LogP contribution < -0.4 is 16.2 Å². The standard InChI is InChI=1S/C19H20N4O4/c1-10-20-15-11(4-3-5-12(15)21-18(27)19(2)8-9-19)17(26)23(10)13-6-7-14(24)22-16(13)25/h3-5,13H,6-9H2,1-2H3,(H,21,27)(H,22,24,25). The van der Waals surface area contributed by atoms with Crippen LogP contribution in [0.25, 0.3) is 10.9 Å². The molecule has 1 saturated heterocycles. The van der Waals surface area contributed by atoms with Crippen molar-refractivity contribution in [1.82, 2.24) is 14.9 Å². The summed E-state index contributed by atoms with van der Waals surface area (Å²) in [6.07, 6.45) is 2.12. The van der Waals surface area contributed by atoms with Gasteiger partial charge in [-0.3, -0.25) is 29.1 Å². The highest BCUT2D eigenvalue weighted by molar-refractivity contribution is 6.03. The number of para-hydroxylation sites is 1. The van der Waals surface area contributed by atoms with Gasteiger partial charge in [0.15, 0.2) is 0 Å². The van der Waals surface area contributed by atoms with Crippen molar-refractivity contribution in [2.75, 3.05) is 5.32 Å². The van der Waals surface area contributed by atoms with Gasteiger partial charge in [0, 0.05) is 11.8 Å². The molecule has 2 aromatic rings. The van der Waals surface area contributed by atoms with E-state index in [1.807, 2.05) is 6.92 Å². The van der Waals surface area contributed by atoms with Gasteiger partial charge in [-0.2, -0.15) is 0 Å². The molecule has 0 spiro atoms. The molecule has 3 amide bonds. The van der Waals surface area contributed by atoms with Gasteiger partial charge in [-0.1, -0.05) is 13.0 Å². The van der Waals surface area contributed by atoms with Crippen LogP contribution in [-0.2, 0) is 14.4 Å². The topological polar surface area (TPSA) is 110 Å². The van der Waals surface area contributed by atoms with E-state index in [1.54, 1.807) is 25.1 Å². The molecule has 1 atom stereocenters. The smallest absolute Gasteiger partial charge is 0.262 e. The minimum absolute atomic E-state index is 0.0798. The normalized spacial score (nSPS) is 21.0. The zero-order valence-electron chi connectivity index (χ0n) is 15.2. The predicted octanol–water partition coefficient (Wildman–Crippen LogP) is 1.42. The second kappa shape index (κ2) is 6.00. The van der Waals surface area contributed by atoms with Gasteiger partial charge in [-0.25, -0.2) is 4.98 Å². The average Bonchev–Trinajstić information content (AvgIpc) is 3.36. The van der Waals surface area contributed by atoms with Crippen LogP contribution in [0, 0.1) is 12.3 Å². The Morgan fingerprint density at radius 1 is 1.30 bits per heavy atom. The third-order valence-electron chi connectivity index (χ3n) is 5.43. The van der Waals surface area contributed by atoms with E-state index < -0.39 is 11.9 Å². The maximum atomic E-state index is 13.1. The maximum Gasteiger partial charge on any atom is 0.262 e. The fourth-order valence-electron chi connectivity index (χ4n) is 3.41. The van der Waals surface area contributed by atoms with Gasteiger partial charge in [0.2, 0.25) is 17.7 Å². The van der Waals surface area contributed by atoms with E-state index in [4.69, 9.17) is 0 Å². The number of nitrogens with one attached hydrogen (secondary N) is 2. The summed E-state index contributed by atoms with van der Waals surface area (Å²) in [6, 6.07) is 4.26. The molecule has 2 N–H and O–H groups in total. The first kappa shape index (κ1) is 17.4. The summed E-state index contributed by atoms with van der Waals surface area (Å²) in [7, 11) is 0. The lowest BCUT2D eigenvalue weighted by molar-refractivity contribution is -0.135. The summed E-state index contributed by atoms with van der Waals surface area (Å²) in [5.41, 5.74) is 0.182. The Hall–Kier alpha value is -3.03. The van der Waals surface area contributed by atoms with Crippen molar-refractivity contribution in [3.8, 4) is 0 Å². The lowest BCUT2D eigenvalue weighted by atomic mass is 10.1. The van der Waals surface area contributed by atoms with Crippen LogP contribution in [0.4, 0.5) is 5.69 Å². The predicted molar refractivity (Wildman–Crippen MR) is 98.1 cm³/mol. The lowest BCUT2D eigenvalue weighted by Crippen LogP contribution is -2.45. The number of hydrogen-bond donors (Lipinski definition) is 2. The van der Waals surface area contributed by atoms with Crippen LogP contribution in [0.2, 0.25) is 0 Å². The third-order valence-corrected chi connectivity index (χ3v) is 5.43. The molecule has 2 aliphatic rings.